The van der Waals surface area contributed by atoms with Gasteiger partial charge in [0.25, 0.3) is 0 Å². The van der Waals surface area contributed by atoms with Gasteiger partial charge in [-0.1, -0.05) is 41.3 Å². The third-order valence-corrected chi connectivity index (χ3v) is 3.90. The van der Waals surface area contributed by atoms with Crippen molar-refractivity contribution in [1.29, 1.82) is 0 Å². The second-order valence-electron chi connectivity index (χ2n) is 4.52. The summed E-state index contributed by atoms with van der Waals surface area (Å²) in [7, 11) is 0. The largest absolute Gasteiger partial charge is 0.158 e. The topological polar surface area (TPSA) is 25.8 Å². The van der Waals surface area contributed by atoms with Crippen LogP contribution in [0.4, 0.5) is 0 Å². The standard InChI is InChI=1S/C13H13BrN2/c14-11-4-5-12-10(7-11)8-15-16-13(12)6-9-2-1-3-9/h4-5,7-9H,1-3,6H2. The molecule has 1 fully saturated rings. The second-order valence-corrected chi connectivity index (χ2v) is 5.44. The predicted octanol–water partition coefficient (Wildman–Crippen LogP) is 3.73. The van der Waals surface area contributed by atoms with Gasteiger partial charge in [0.2, 0.25) is 0 Å². The van der Waals surface area contributed by atoms with Gasteiger partial charge >= 0.3 is 0 Å². The smallest absolute Gasteiger partial charge is 0.0712 e. The van der Waals surface area contributed by atoms with Gasteiger partial charge in [-0.25, -0.2) is 0 Å². The third kappa shape index (κ3) is 1.84. The van der Waals surface area contributed by atoms with E-state index in [0.29, 0.717) is 0 Å². The zero-order chi connectivity index (χ0) is 11.0. The first kappa shape index (κ1) is 10.2. The Bertz CT molecular complexity index is 520. The van der Waals surface area contributed by atoms with Gasteiger partial charge in [-0.2, -0.15) is 10.2 Å². The highest BCUT2D eigenvalue weighted by Crippen LogP contribution is 2.31. The zero-order valence-corrected chi connectivity index (χ0v) is 10.6. The van der Waals surface area contributed by atoms with Gasteiger partial charge in [-0.05, 0) is 24.5 Å². The zero-order valence-electron chi connectivity index (χ0n) is 8.99. The van der Waals surface area contributed by atoms with E-state index in [1.807, 2.05) is 6.20 Å². The quantitative estimate of drug-likeness (QED) is 0.835. The number of fused-ring (bicyclic) bond motifs is 1. The molecule has 2 nitrogen and oxygen atoms in total. The van der Waals surface area contributed by atoms with Crippen LogP contribution in [0, 0.1) is 5.92 Å². The fourth-order valence-electron chi connectivity index (χ4n) is 2.24. The first-order valence-electron chi connectivity index (χ1n) is 5.73. The number of benzene rings is 1. The summed E-state index contributed by atoms with van der Waals surface area (Å²) in [5, 5.41) is 10.8. The molecule has 3 rings (SSSR count). The molecule has 1 saturated carbocycles. The maximum atomic E-state index is 4.29. The van der Waals surface area contributed by atoms with Gasteiger partial charge in [-0.3, -0.25) is 0 Å². The van der Waals surface area contributed by atoms with E-state index in [2.05, 4.69) is 44.3 Å². The van der Waals surface area contributed by atoms with Crippen LogP contribution >= 0.6 is 15.9 Å². The lowest BCUT2D eigenvalue weighted by atomic mass is 9.81. The average molecular weight is 277 g/mol. The van der Waals surface area contributed by atoms with Crippen molar-refractivity contribution in [3.63, 3.8) is 0 Å². The van der Waals surface area contributed by atoms with Crippen molar-refractivity contribution in [2.45, 2.75) is 25.7 Å². The molecule has 1 aromatic carbocycles. The number of aromatic nitrogens is 2. The van der Waals surface area contributed by atoms with E-state index in [9.17, 15) is 0 Å². The van der Waals surface area contributed by atoms with Crippen LogP contribution in [-0.4, -0.2) is 10.2 Å². The monoisotopic (exact) mass is 276 g/mol. The van der Waals surface area contributed by atoms with Crippen molar-refractivity contribution >= 4 is 26.7 Å². The molecule has 0 atom stereocenters. The van der Waals surface area contributed by atoms with Crippen molar-refractivity contribution in [3.05, 3.63) is 34.6 Å². The molecule has 1 aliphatic carbocycles. The van der Waals surface area contributed by atoms with Gasteiger partial charge in [-0.15, -0.1) is 0 Å². The Morgan fingerprint density at radius 3 is 2.94 bits per heavy atom. The minimum Gasteiger partial charge on any atom is -0.158 e. The maximum absolute atomic E-state index is 4.29. The normalized spacial score (nSPS) is 16.3. The Balaban J connectivity index is 2.02. The van der Waals surface area contributed by atoms with Crippen molar-refractivity contribution in [2.75, 3.05) is 0 Å². The molecule has 0 N–H and O–H groups in total. The van der Waals surface area contributed by atoms with Gasteiger partial charge in [0.05, 0.1) is 11.9 Å². The maximum Gasteiger partial charge on any atom is 0.0712 e. The minimum atomic E-state index is 0.837. The van der Waals surface area contributed by atoms with E-state index in [1.54, 1.807) is 0 Å². The van der Waals surface area contributed by atoms with E-state index >= 15 is 0 Å². The van der Waals surface area contributed by atoms with Crippen molar-refractivity contribution < 1.29 is 0 Å². The van der Waals surface area contributed by atoms with E-state index in [4.69, 9.17) is 0 Å². The van der Waals surface area contributed by atoms with Crippen LogP contribution in [-0.2, 0) is 6.42 Å². The van der Waals surface area contributed by atoms with Gasteiger partial charge in [0.1, 0.15) is 0 Å². The fraction of sp³-hybridized carbons (Fsp3) is 0.385. The number of hydrogen-bond acceptors (Lipinski definition) is 2. The van der Waals surface area contributed by atoms with E-state index < -0.39 is 0 Å². The van der Waals surface area contributed by atoms with Gasteiger partial charge in [0, 0.05) is 15.2 Å². The molecular formula is C13H13BrN2. The molecule has 0 unspecified atom stereocenters. The molecule has 0 saturated heterocycles. The second kappa shape index (κ2) is 4.13. The van der Waals surface area contributed by atoms with Crippen molar-refractivity contribution in [2.24, 2.45) is 5.92 Å². The summed E-state index contributed by atoms with van der Waals surface area (Å²) in [6.45, 7) is 0. The Morgan fingerprint density at radius 1 is 1.31 bits per heavy atom. The number of hydrogen-bond donors (Lipinski definition) is 0. The summed E-state index contributed by atoms with van der Waals surface area (Å²) in [6, 6.07) is 6.32. The van der Waals surface area contributed by atoms with Crippen LogP contribution < -0.4 is 0 Å². The van der Waals surface area contributed by atoms with E-state index in [-0.39, 0.29) is 0 Å². The summed E-state index contributed by atoms with van der Waals surface area (Å²) in [4.78, 5) is 0. The molecule has 0 bridgehead atoms. The van der Waals surface area contributed by atoms with E-state index in [1.165, 1.54) is 30.0 Å². The summed E-state index contributed by atoms with van der Waals surface area (Å²) < 4.78 is 1.10. The fourth-order valence-corrected chi connectivity index (χ4v) is 2.62. The number of rotatable bonds is 2. The van der Waals surface area contributed by atoms with Gasteiger partial charge in [0.15, 0.2) is 0 Å². The first-order chi connectivity index (χ1) is 7.83. The Morgan fingerprint density at radius 2 is 2.19 bits per heavy atom. The molecule has 0 aliphatic heterocycles. The first-order valence-corrected chi connectivity index (χ1v) is 6.52. The summed E-state index contributed by atoms with van der Waals surface area (Å²) >= 11 is 3.48. The highest BCUT2D eigenvalue weighted by molar-refractivity contribution is 9.10. The minimum absolute atomic E-state index is 0.837. The van der Waals surface area contributed by atoms with Crippen molar-refractivity contribution in [3.8, 4) is 0 Å². The lowest BCUT2D eigenvalue weighted by Gasteiger charge is -2.24. The number of halogens is 1. The average Bonchev–Trinajstić information content (AvgIpc) is 2.23. The molecule has 0 spiro atoms. The highest BCUT2D eigenvalue weighted by atomic mass is 79.9. The summed E-state index contributed by atoms with van der Waals surface area (Å²) in [5.41, 5.74) is 1.16. The van der Waals surface area contributed by atoms with Crippen molar-refractivity contribution in [1.82, 2.24) is 10.2 Å². The lowest BCUT2D eigenvalue weighted by Crippen LogP contribution is -2.15. The summed E-state index contributed by atoms with van der Waals surface area (Å²) in [6.07, 6.45) is 7.02. The molecule has 1 heterocycles. The molecule has 0 radical (unpaired) electrons. The molecule has 1 aliphatic rings. The third-order valence-electron chi connectivity index (χ3n) is 3.41. The van der Waals surface area contributed by atoms with Crippen LogP contribution in [0.25, 0.3) is 10.8 Å². The molecule has 3 heteroatoms. The van der Waals surface area contributed by atoms with Crippen LogP contribution in [0.3, 0.4) is 0 Å². The molecule has 0 amide bonds. The van der Waals surface area contributed by atoms with E-state index in [0.717, 1.165) is 22.5 Å². The molecule has 2 aromatic rings. The molecule has 82 valence electrons. The Labute approximate surface area is 103 Å². The van der Waals surface area contributed by atoms with Crippen LogP contribution in [0.5, 0.6) is 0 Å². The number of nitrogens with zero attached hydrogens (tertiary/aromatic N) is 2. The Kier molecular flexibility index (Phi) is 2.64. The molecule has 16 heavy (non-hydrogen) atoms. The van der Waals surface area contributed by atoms with Crippen LogP contribution in [0.1, 0.15) is 25.0 Å². The molecule has 1 aromatic heterocycles. The lowest BCUT2D eigenvalue weighted by molar-refractivity contribution is 0.312. The molecular weight excluding hydrogens is 264 g/mol. The Hall–Kier alpha value is -0.960. The highest BCUT2D eigenvalue weighted by Gasteiger charge is 2.19. The SMILES string of the molecule is Brc1ccc2c(CC3CCC3)nncc2c1. The van der Waals surface area contributed by atoms with Crippen LogP contribution in [0.15, 0.2) is 28.9 Å². The predicted molar refractivity (Wildman–Crippen MR) is 68.3 cm³/mol. The van der Waals surface area contributed by atoms with Gasteiger partial charge < -0.3 is 0 Å². The van der Waals surface area contributed by atoms with Crippen LogP contribution in [0.2, 0.25) is 0 Å². The summed E-state index contributed by atoms with van der Waals surface area (Å²) in [5.74, 6) is 0.837.